The lowest BCUT2D eigenvalue weighted by atomic mass is 10.3. The normalized spacial score (nSPS) is 14.3. The zero-order chi connectivity index (χ0) is 20.3. The molecule has 1 aliphatic heterocycles. The predicted molar refractivity (Wildman–Crippen MR) is 104 cm³/mol. The summed E-state index contributed by atoms with van der Waals surface area (Å²) in [7, 11) is -3.44. The van der Waals surface area contributed by atoms with Gasteiger partial charge in [0.05, 0.1) is 17.6 Å². The molecule has 1 saturated heterocycles. The largest absolute Gasteiger partial charge is 0.325 e. The number of urea groups is 1. The van der Waals surface area contributed by atoms with Crippen LogP contribution in [0.2, 0.25) is 0 Å². The zero-order valence-corrected chi connectivity index (χ0v) is 15.9. The molecule has 2 aromatic carbocycles. The molecule has 2 aromatic rings. The van der Waals surface area contributed by atoms with Gasteiger partial charge in [0, 0.05) is 18.8 Å². The fourth-order valence-electron chi connectivity index (χ4n) is 2.87. The minimum Gasteiger partial charge on any atom is -0.324 e. The molecule has 28 heavy (non-hydrogen) atoms. The van der Waals surface area contributed by atoms with Gasteiger partial charge in [-0.1, -0.05) is 18.2 Å². The van der Waals surface area contributed by atoms with Gasteiger partial charge >= 0.3 is 6.03 Å². The summed E-state index contributed by atoms with van der Waals surface area (Å²) < 4.78 is 38.8. The van der Waals surface area contributed by atoms with Crippen LogP contribution >= 0.6 is 0 Å². The highest BCUT2D eigenvalue weighted by atomic mass is 32.2. The van der Waals surface area contributed by atoms with Crippen molar-refractivity contribution in [2.75, 3.05) is 40.8 Å². The standard InChI is InChI=1S/C18H19FN4O4S/c1-28(26,27)21-14-6-4-5-13(11-14)20-17(24)12-22-9-10-23(18(22)25)16-8-3-2-7-15(16)19/h2-8,11,21H,9-10,12H2,1H3,(H,20,24). The van der Waals surface area contributed by atoms with Gasteiger partial charge in [-0.2, -0.15) is 0 Å². The van der Waals surface area contributed by atoms with Crippen molar-refractivity contribution >= 4 is 39.0 Å². The number of para-hydroxylation sites is 1. The lowest BCUT2D eigenvalue weighted by Crippen LogP contribution is -2.37. The van der Waals surface area contributed by atoms with Gasteiger partial charge in [0.2, 0.25) is 15.9 Å². The molecule has 148 valence electrons. The molecule has 1 aliphatic rings. The Kier molecular flexibility index (Phi) is 5.50. The first-order valence-corrected chi connectivity index (χ1v) is 10.3. The summed E-state index contributed by atoms with van der Waals surface area (Å²) in [5.41, 5.74) is 0.870. The lowest BCUT2D eigenvalue weighted by molar-refractivity contribution is -0.116. The van der Waals surface area contributed by atoms with E-state index >= 15 is 0 Å². The monoisotopic (exact) mass is 406 g/mol. The number of benzene rings is 2. The second-order valence-corrected chi connectivity index (χ2v) is 8.06. The van der Waals surface area contributed by atoms with Crippen molar-refractivity contribution in [1.82, 2.24) is 4.90 Å². The molecule has 0 radical (unpaired) electrons. The molecule has 2 N–H and O–H groups in total. The van der Waals surface area contributed by atoms with E-state index in [1.165, 1.54) is 34.1 Å². The molecule has 0 aliphatic carbocycles. The maximum Gasteiger partial charge on any atom is 0.325 e. The average Bonchev–Trinajstić information content (AvgIpc) is 2.94. The summed E-state index contributed by atoms with van der Waals surface area (Å²) in [6.07, 6.45) is 1.03. The molecule has 0 atom stereocenters. The Hall–Kier alpha value is -3.14. The molecule has 0 spiro atoms. The minimum absolute atomic E-state index is 0.176. The van der Waals surface area contributed by atoms with Gasteiger partial charge in [-0.15, -0.1) is 0 Å². The van der Waals surface area contributed by atoms with Crippen molar-refractivity contribution in [2.24, 2.45) is 0 Å². The fraction of sp³-hybridized carbons (Fsp3) is 0.222. The number of rotatable bonds is 6. The SMILES string of the molecule is CS(=O)(=O)Nc1cccc(NC(=O)CN2CCN(c3ccccc3F)C2=O)c1. The molecule has 8 nitrogen and oxygen atoms in total. The van der Waals surface area contributed by atoms with Crippen LogP contribution in [0.15, 0.2) is 48.5 Å². The fourth-order valence-corrected chi connectivity index (χ4v) is 3.43. The second-order valence-electron chi connectivity index (χ2n) is 6.31. The summed E-state index contributed by atoms with van der Waals surface area (Å²) in [5, 5.41) is 2.62. The second kappa shape index (κ2) is 7.85. The van der Waals surface area contributed by atoms with Crippen LogP contribution in [0.25, 0.3) is 0 Å². The Morgan fingerprint density at radius 3 is 2.54 bits per heavy atom. The van der Waals surface area contributed by atoms with Crippen molar-refractivity contribution in [3.05, 3.63) is 54.3 Å². The number of halogens is 1. The zero-order valence-electron chi connectivity index (χ0n) is 15.1. The molecule has 0 bridgehead atoms. The highest BCUT2D eigenvalue weighted by molar-refractivity contribution is 7.92. The van der Waals surface area contributed by atoms with Gasteiger partial charge in [-0.25, -0.2) is 17.6 Å². The number of carbonyl (C=O) groups is 2. The van der Waals surface area contributed by atoms with Crippen LogP contribution in [-0.2, 0) is 14.8 Å². The third-order valence-corrected chi connectivity index (χ3v) is 4.63. The van der Waals surface area contributed by atoms with E-state index in [0.717, 1.165) is 6.26 Å². The van der Waals surface area contributed by atoms with E-state index in [1.807, 2.05) is 0 Å². The first kappa shape index (κ1) is 19.6. The van der Waals surface area contributed by atoms with Crippen molar-refractivity contribution < 1.29 is 22.4 Å². The highest BCUT2D eigenvalue weighted by Gasteiger charge is 2.32. The first-order valence-electron chi connectivity index (χ1n) is 8.41. The lowest BCUT2D eigenvalue weighted by Gasteiger charge is -2.19. The number of anilines is 3. The summed E-state index contributed by atoms with van der Waals surface area (Å²) in [6.45, 7) is 0.366. The average molecular weight is 406 g/mol. The number of carbonyl (C=O) groups excluding carboxylic acids is 2. The van der Waals surface area contributed by atoms with Crippen LogP contribution in [0.4, 0.5) is 26.2 Å². The molecular weight excluding hydrogens is 387 g/mol. The molecule has 10 heteroatoms. The number of hydrogen-bond donors (Lipinski definition) is 2. The van der Waals surface area contributed by atoms with Crippen molar-refractivity contribution in [1.29, 1.82) is 0 Å². The summed E-state index contributed by atoms with van der Waals surface area (Å²) in [4.78, 5) is 27.4. The summed E-state index contributed by atoms with van der Waals surface area (Å²) in [5.74, 6) is -0.947. The van der Waals surface area contributed by atoms with E-state index in [2.05, 4.69) is 10.0 Å². The van der Waals surface area contributed by atoms with Gasteiger partial charge < -0.3 is 10.2 Å². The number of amides is 3. The molecular formula is C18H19FN4O4S. The topological polar surface area (TPSA) is 98.8 Å². The Bertz CT molecular complexity index is 1010. The van der Waals surface area contributed by atoms with Crippen molar-refractivity contribution in [2.45, 2.75) is 0 Å². The van der Waals surface area contributed by atoms with Gasteiger partial charge in [-0.05, 0) is 30.3 Å². The highest BCUT2D eigenvalue weighted by Crippen LogP contribution is 2.23. The van der Waals surface area contributed by atoms with Crippen LogP contribution in [0.1, 0.15) is 0 Å². The van der Waals surface area contributed by atoms with E-state index < -0.39 is 27.8 Å². The van der Waals surface area contributed by atoms with Crippen LogP contribution in [-0.4, -0.2) is 51.1 Å². The molecule has 1 fully saturated rings. The Morgan fingerprint density at radius 1 is 1.11 bits per heavy atom. The summed E-state index contributed by atoms with van der Waals surface area (Å²) >= 11 is 0. The molecule has 0 aromatic heterocycles. The third kappa shape index (κ3) is 4.77. The number of sulfonamides is 1. The minimum atomic E-state index is -3.44. The number of nitrogens with one attached hydrogen (secondary N) is 2. The Morgan fingerprint density at radius 2 is 1.82 bits per heavy atom. The predicted octanol–water partition coefficient (Wildman–Crippen LogP) is 2.08. The molecule has 3 amide bonds. The molecule has 0 unspecified atom stereocenters. The van der Waals surface area contributed by atoms with E-state index in [-0.39, 0.29) is 25.3 Å². The van der Waals surface area contributed by atoms with Gasteiger partial charge in [0.1, 0.15) is 12.4 Å². The van der Waals surface area contributed by atoms with Crippen LogP contribution in [0.3, 0.4) is 0 Å². The number of nitrogens with zero attached hydrogens (tertiary/aromatic N) is 2. The molecule has 1 heterocycles. The van der Waals surface area contributed by atoms with Crippen LogP contribution in [0, 0.1) is 5.82 Å². The maximum absolute atomic E-state index is 13.9. The molecule has 0 saturated carbocycles. The summed E-state index contributed by atoms with van der Waals surface area (Å²) in [6, 6.07) is 11.7. The van der Waals surface area contributed by atoms with E-state index in [4.69, 9.17) is 0 Å². The van der Waals surface area contributed by atoms with E-state index in [0.29, 0.717) is 11.4 Å². The van der Waals surface area contributed by atoms with E-state index in [9.17, 15) is 22.4 Å². The van der Waals surface area contributed by atoms with Crippen LogP contribution < -0.4 is 14.9 Å². The van der Waals surface area contributed by atoms with Crippen LogP contribution in [0.5, 0.6) is 0 Å². The first-order chi connectivity index (χ1) is 13.2. The van der Waals surface area contributed by atoms with Crippen molar-refractivity contribution in [3.63, 3.8) is 0 Å². The van der Waals surface area contributed by atoms with Gasteiger partial charge in [0.25, 0.3) is 0 Å². The number of hydrogen-bond acceptors (Lipinski definition) is 4. The van der Waals surface area contributed by atoms with Gasteiger partial charge in [-0.3, -0.25) is 14.4 Å². The Balaban J connectivity index is 1.62. The van der Waals surface area contributed by atoms with Crippen molar-refractivity contribution in [3.8, 4) is 0 Å². The van der Waals surface area contributed by atoms with E-state index in [1.54, 1.807) is 24.3 Å². The maximum atomic E-state index is 13.9. The quantitative estimate of drug-likeness (QED) is 0.767. The molecule has 3 rings (SSSR count). The smallest absolute Gasteiger partial charge is 0.324 e. The Labute approximate surface area is 162 Å². The van der Waals surface area contributed by atoms with Gasteiger partial charge in [0.15, 0.2) is 0 Å². The third-order valence-electron chi connectivity index (χ3n) is 4.02.